The highest BCUT2D eigenvalue weighted by atomic mass is 16.5. The molecule has 0 spiro atoms. The van der Waals surface area contributed by atoms with E-state index in [0.29, 0.717) is 5.57 Å². The third kappa shape index (κ3) is 2.32. The maximum Gasteiger partial charge on any atom is 0.335 e. The molecule has 0 saturated heterocycles. The lowest BCUT2D eigenvalue weighted by atomic mass is 9.44. The summed E-state index contributed by atoms with van der Waals surface area (Å²) in [6.45, 7) is 3.91. The summed E-state index contributed by atoms with van der Waals surface area (Å²) in [6.07, 6.45) is 1.06. The molecule has 5 nitrogen and oxygen atoms in total. The number of carbonyl (C=O) groups is 3. The summed E-state index contributed by atoms with van der Waals surface area (Å²) in [7, 11) is 2.62. The van der Waals surface area contributed by atoms with Crippen LogP contribution >= 0.6 is 0 Å². The monoisotopic (exact) mass is 404 g/mol. The molecule has 0 amide bonds. The molecule has 30 heavy (non-hydrogen) atoms. The quantitative estimate of drug-likeness (QED) is 0.562. The third-order valence-corrected chi connectivity index (χ3v) is 6.69. The second-order valence-electron chi connectivity index (χ2n) is 8.38. The summed E-state index contributed by atoms with van der Waals surface area (Å²) in [6, 6.07) is 15.6. The zero-order valence-electron chi connectivity index (χ0n) is 17.5. The molecule has 0 heterocycles. The van der Waals surface area contributed by atoms with Crippen molar-refractivity contribution in [2.45, 2.75) is 31.6 Å². The van der Waals surface area contributed by atoms with Gasteiger partial charge in [-0.15, -0.1) is 0 Å². The van der Waals surface area contributed by atoms with Crippen molar-refractivity contribution in [1.82, 2.24) is 0 Å². The molecule has 2 aromatic carbocycles. The highest BCUT2D eigenvalue weighted by molar-refractivity contribution is 6.07. The summed E-state index contributed by atoms with van der Waals surface area (Å²) in [5.74, 6) is -1.58. The summed E-state index contributed by atoms with van der Waals surface area (Å²) in [4.78, 5) is 38.1. The molecule has 0 fully saturated rings. The van der Waals surface area contributed by atoms with Crippen molar-refractivity contribution in [1.29, 1.82) is 0 Å². The van der Waals surface area contributed by atoms with Gasteiger partial charge in [-0.1, -0.05) is 62.4 Å². The van der Waals surface area contributed by atoms with Crippen molar-refractivity contribution in [3.8, 4) is 0 Å². The molecular formula is C25H24O5. The molecular weight excluding hydrogens is 380 g/mol. The van der Waals surface area contributed by atoms with Crippen LogP contribution in [0.2, 0.25) is 0 Å². The number of esters is 2. The highest BCUT2D eigenvalue weighted by Gasteiger charge is 2.62. The van der Waals surface area contributed by atoms with Crippen LogP contribution in [0, 0.1) is 5.41 Å². The number of aldehydes is 1. The third-order valence-electron chi connectivity index (χ3n) is 6.69. The van der Waals surface area contributed by atoms with Crippen LogP contribution in [0.1, 0.15) is 48.4 Å². The largest absolute Gasteiger partial charge is 0.466 e. The Morgan fingerprint density at radius 3 is 1.90 bits per heavy atom. The molecule has 0 aliphatic heterocycles. The number of ether oxygens (including phenoxy) is 2. The Hall–Kier alpha value is -3.21. The Bertz CT molecular complexity index is 1040. The Morgan fingerprint density at radius 2 is 1.43 bits per heavy atom. The number of methoxy groups -OCH3 is 2. The minimum absolute atomic E-state index is 0.190. The van der Waals surface area contributed by atoms with Gasteiger partial charge in [-0.2, -0.15) is 0 Å². The van der Waals surface area contributed by atoms with Crippen LogP contribution in [0.5, 0.6) is 0 Å². The predicted octanol–water partition coefficient (Wildman–Crippen LogP) is 3.69. The van der Waals surface area contributed by atoms with E-state index in [1.54, 1.807) is 0 Å². The minimum Gasteiger partial charge on any atom is -0.466 e. The SMILES string of the molecule is COC(=O)C1=C(C(=O)OC)C2(C(C)(C)CC=O)c3ccccc3C1c1ccccc12. The molecule has 5 heteroatoms. The van der Waals surface area contributed by atoms with Gasteiger partial charge in [-0.3, -0.25) is 0 Å². The predicted molar refractivity (Wildman–Crippen MR) is 111 cm³/mol. The fourth-order valence-corrected chi connectivity index (χ4v) is 5.54. The molecule has 3 aliphatic carbocycles. The molecule has 0 atom stereocenters. The van der Waals surface area contributed by atoms with Gasteiger partial charge in [-0.05, 0) is 27.7 Å². The van der Waals surface area contributed by atoms with E-state index in [1.165, 1.54) is 14.2 Å². The van der Waals surface area contributed by atoms with Gasteiger partial charge in [0.05, 0.1) is 30.8 Å². The van der Waals surface area contributed by atoms with Crippen molar-refractivity contribution in [3.63, 3.8) is 0 Å². The van der Waals surface area contributed by atoms with E-state index in [9.17, 15) is 14.4 Å². The first-order chi connectivity index (χ1) is 14.4. The van der Waals surface area contributed by atoms with Crippen LogP contribution in [0.15, 0.2) is 59.7 Å². The number of rotatable bonds is 5. The number of carbonyl (C=O) groups excluding carboxylic acids is 3. The van der Waals surface area contributed by atoms with Crippen LogP contribution in [0.4, 0.5) is 0 Å². The molecule has 0 saturated carbocycles. The summed E-state index contributed by atoms with van der Waals surface area (Å²) in [5.41, 5.74) is 2.54. The molecule has 0 aromatic heterocycles. The standard InChI is InChI=1S/C25H24O5/c1-24(2,13-14-26)25-17-11-7-5-9-15(17)19(16-10-6-8-12-18(16)25)20(22(27)29-3)21(25)23(28)30-4/h5-12,14,19H,13H2,1-4H3. The molecule has 2 bridgehead atoms. The van der Waals surface area contributed by atoms with Gasteiger partial charge in [0.15, 0.2) is 0 Å². The lowest BCUT2D eigenvalue weighted by molar-refractivity contribution is -0.141. The number of hydrogen-bond donors (Lipinski definition) is 0. The molecule has 0 N–H and O–H groups in total. The van der Waals surface area contributed by atoms with Gasteiger partial charge in [0.2, 0.25) is 0 Å². The molecule has 5 rings (SSSR count). The number of hydrogen-bond acceptors (Lipinski definition) is 5. The smallest absolute Gasteiger partial charge is 0.335 e. The zero-order chi connectivity index (χ0) is 21.7. The fraction of sp³-hybridized carbons (Fsp3) is 0.320. The van der Waals surface area contributed by atoms with Crippen molar-refractivity contribution >= 4 is 18.2 Å². The van der Waals surface area contributed by atoms with Crippen molar-refractivity contribution in [2.75, 3.05) is 14.2 Å². The van der Waals surface area contributed by atoms with E-state index in [4.69, 9.17) is 9.47 Å². The second-order valence-corrected chi connectivity index (χ2v) is 8.38. The maximum atomic E-state index is 13.3. The van der Waals surface area contributed by atoms with Crippen LogP contribution in [0.3, 0.4) is 0 Å². The van der Waals surface area contributed by atoms with Crippen LogP contribution in [-0.4, -0.2) is 32.4 Å². The van der Waals surface area contributed by atoms with Gasteiger partial charge in [0.25, 0.3) is 0 Å². The van der Waals surface area contributed by atoms with E-state index >= 15 is 0 Å². The Morgan fingerprint density at radius 1 is 0.933 bits per heavy atom. The Labute approximate surface area is 175 Å². The molecule has 0 unspecified atom stereocenters. The summed E-state index contributed by atoms with van der Waals surface area (Å²) >= 11 is 0. The number of benzene rings is 2. The first kappa shape index (κ1) is 20.1. The first-order valence-electron chi connectivity index (χ1n) is 9.90. The lowest BCUT2D eigenvalue weighted by Crippen LogP contribution is -2.55. The minimum atomic E-state index is -1.04. The van der Waals surface area contributed by atoms with Gasteiger partial charge in [0, 0.05) is 12.3 Å². The van der Waals surface area contributed by atoms with Gasteiger partial charge in [-0.25, -0.2) is 9.59 Å². The summed E-state index contributed by atoms with van der Waals surface area (Å²) < 4.78 is 10.3. The van der Waals surface area contributed by atoms with Gasteiger partial charge >= 0.3 is 11.9 Å². The van der Waals surface area contributed by atoms with Gasteiger partial charge in [0.1, 0.15) is 6.29 Å². The average molecular weight is 404 g/mol. The van der Waals surface area contributed by atoms with Crippen LogP contribution in [-0.2, 0) is 29.3 Å². The molecule has 3 aliphatic rings. The fourth-order valence-electron chi connectivity index (χ4n) is 5.54. The maximum absolute atomic E-state index is 13.3. The van der Waals surface area contributed by atoms with Crippen molar-refractivity contribution in [3.05, 3.63) is 81.9 Å². The van der Waals surface area contributed by atoms with Gasteiger partial charge < -0.3 is 14.3 Å². The Kier molecular flexibility index (Phi) is 4.64. The molecule has 2 aromatic rings. The first-order valence-corrected chi connectivity index (χ1v) is 9.90. The zero-order valence-corrected chi connectivity index (χ0v) is 17.5. The Balaban J connectivity index is 2.27. The topological polar surface area (TPSA) is 69.7 Å². The molecule has 0 radical (unpaired) electrons. The van der Waals surface area contributed by atoms with E-state index in [2.05, 4.69) is 0 Å². The van der Waals surface area contributed by atoms with E-state index in [0.717, 1.165) is 28.5 Å². The normalized spacial score (nSPS) is 21.5. The van der Waals surface area contributed by atoms with Crippen LogP contribution < -0.4 is 0 Å². The van der Waals surface area contributed by atoms with Crippen molar-refractivity contribution < 1.29 is 23.9 Å². The second kappa shape index (κ2) is 6.94. The van der Waals surface area contributed by atoms with E-state index in [1.807, 2.05) is 62.4 Å². The van der Waals surface area contributed by atoms with Crippen molar-refractivity contribution in [2.24, 2.45) is 5.41 Å². The van der Waals surface area contributed by atoms with E-state index < -0.39 is 28.7 Å². The molecule has 154 valence electrons. The summed E-state index contributed by atoms with van der Waals surface area (Å²) in [5, 5.41) is 0. The van der Waals surface area contributed by atoms with Crippen LogP contribution in [0.25, 0.3) is 0 Å². The highest BCUT2D eigenvalue weighted by Crippen LogP contribution is 2.65. The average Bonchev–Trinajstić information content (AvgIpc) is 2.77. The van der Waals surface area contributed by atoms with E-state index in [-0.39, 0.29) is 12.0 Å². The lowest BCUT2D eigenvalue weighted by Gasteiger charge is -2.56.